The molecule has 9 nitrogen and oxygen atoms in total. The lowest BCUT2D eigenvalue weighted by molar-refractivity contribution is -0.130. The lowest BCUT2D eigenvalue weighted by atomic mass is 10.1. The van der Waals surface area contributed by atoms with E-state index in [2.05, 4.69) is 19.9 Å². The molecule has 0 unspecified atom stereocenters. The first kappa shape index (κ1) is 23.9. The summed E-state index contributed by atoms with van der Waals surface area (Å²) in [6.45, 7) is 2.77. The Balaban J connectivity index is 1.36. The summed E-state index contributed by atoms with van der Waals surface area (Å²) in [5.41, 5.74) is 2.13. The van der Waals surface area contributed by atoms with Crippen molar-refractivity contribution in [2.75, 3.05) is 19.6 Å². The van der Waals surface area contributed by atoms with Crippen LogP contribution in [0.25, 0.3) is 22.3 Å². The molecule has 4 heterocycles. The van der Waals surface area contributed by atoms with Gasteiger partial charge in [0.05, 0.1) is 17.3 Å². The van der Waals surface area contributed by atoms with Crippen molar-refractivity contribution >= 4 is 51.7 Å². The number of nitrogens with zero attached hydrogens (tertiary/aromatic N) is 5. The molecule has 1 aliphatic heterocycles. The van der Waals surface area contributed by atoms with E-state index < -0.39 is 11.7 Å². The van der Waals surface area contributed by atoms with Gasteiger partial charge < -0.3 is 14.8 Å². The topological polar surface area (TPSA) is 112 Å². The predicted octanol–water partition coefficient (Wildman–Crippen LogP) is 3.88. The van der Waals surface area contributed by atoms with Gasteiger partial charge >= 0.3 is 0 Å². The molecule has 1 aromatic carbocycles. The number of pyridine rings is 1. The Labute approximate surface area is 216 Å². The lowest BCUT2D eigenvalue weighted by Crippen LogP contribution is -2.56. The quantitative estimate of drug-likeness (QED) is 0.321. The summed E-state index contributed by atoms with van der Waals surface area (Å²) in [7, 11) is 0. The van der Waals surface area contributed by atoms with E-state index in [0.717, 1.165) is 0 Å². The van der Waals surface area contributed by atoms with Crippen LogP contribution in [-0.2, 0) is 4.79 Å². The van der Waals surface area contributed by atoms with Gasteiger partial charge in [0.2, 0.25) is 0 Å². The minimum absolute atomic E-state index is 0.0323. The molecule has 0 aliphatic carbocycles. The zero-order valence-electron chi connectivity index (χ0n) is 19.1. The maximum Gasteiger partial charge on any atom is 0.295 e. The van der Waals surface area contributed by atoms with Crippen LogP contribution in [0.5, 0.6) is 0 Å². The number of hydrogen-bond acceptors (Lipinski definition) is 6. The van der Waals surface area contributed by atoms with Crippen molar-refractivity contribution in [1.82, 2.24) is 29.7 Å². The van der Waals surface area contributed by atoms with E-state index in [1.807, 2.05) is 25.1 Å². The Morgan fingerprint density at radius 2 is 1.81 bits per heavy atom. The first-order valence-corrected chi connectivity index (χ1v) is 11.9. The number of aromatic amines is 1. The molecule has 1 atom stereocenters. The van der Waals surface area contributed by atoms with E-state index >= 15 is 0 Å². The van der Waals surface area contributed by atoms with Crippen LogP contribution in [0.2, 0.25) is 10.3 Å². The van der Waals surface area contributed by atoms with Crippen molar-refractivity contribution < 1.29 is 14.4 Å². The van der Waals surface area contributed by atoms with Crippen molar-refractivity contribution in [3.05, 3.63) is 76.4 Å². The number of H-pyrrole nitrogens is 1. The van der Waals surface area contributed by atoms with E-state index in [9.17, 15) is 14.4 Å². The van der Waals surface area contributed by atoms with Crippen LogP contribution in [0.4, 0.5) is 0 Å². The second-order valence-corrected chi connectivity index (χ2v) is 9.13. The number of rotatable bonds is 4. The molecule has 3 aromatic heterocycles. The number of Topliss-reactive ketones (excluding diaryl/α,β-unsaturated/α-hetero) is 1. The number of benzene rings is 1. The van der Waals surface area contributed by atoms with Gasteiger partial charge in [0.15, 0.2) is 10.3 Å². The number of ketones is 1. The number of nitrogens with one attached hydrogen (secondary N) is 1. The fourth-order valence-electron chi connectivity index (χ4n) is 4.36. The third kappa shape index (κ3) is 4.31. The molecule has 1 fully saturated rings. The highest BCUT2D eigenvalue weighted by Crippen LogP contribution is 2.29. The largest absolute Gasteiger partial charge is 0.359 e. The molecule has 2 amide bonds. The highest BCUT2D eigenvalue weighted by molar-refractivity contribution is 6.45. The number of amides is 2. The minimum Gasteiger partial charge on any atom is -0.359 e. The maximum absolute atomic E-state index is 13.3. The average molecular weight is 523 g/mol. The number of hydrogen-bond donors (Lipinski definition) is 1. The van der Waals surface area contributed by atoms with Crippen LogP contribution in [0.3, 0.4) is 0 Å². The third-order valence-corrected chi connectivity index (χ3v) is 6.81. The van der Waals surface area contributed by atoms with Crippen molar-refractivity contribution in [3.63, 3.8) is 0 Å². The van der Waals surface area contributed by atoms with Crippen LogP contribution in [-0.4, -0.2) is 73.0 Å². The van der Waals surface area contributed by atoms with Gasteiger partial charge in [-0.3, -0.25) is 19.4 Å². The van der Waals surface area contributed by atoms with Crippen molar-refractivity contribution in [3.8, 4) is 11.4 Å². The zero-order valence-corrected chi connectivity index (χ0v) is 20.6. The minimum atomic E-state index is -0.645. The standard InChI is InChI=1S/C25H20Cl2N6O3/c1-14-13-32(24(35)15-5-3-2-4-6-15)9-10-33(14)25(36)21(34)17-11-29-19-16(17)7-8-28-20(19)18-12-30-22(26)23(27)31-18/h2-8,11-12,14,29H,9-10,13H2,1H3/t14-/m1/s1. The van der Waals surface area contributed by atoms with Gasteiger partial charge in [-0.05, 0) is 25.1 Å². The fraction of sp³-hybridized carbons (Fsp3) is 0.200. The van der Waals surface area contributed by atoms with Crippen LogP contribution in [0.15, 0.2) is 55.0 Å². The highest BCUT2D eigenvalue weighted by Gasteiger charge is 2.34. The lowest BCUT2D eigenvalue weighted by Gasteiger charge is -2.39. The number of aromatic nitrogens is 4. The van der Waals surface area contributed by atoms with Gasteiger partial charge in [-0.15, -0.1) is 0 Å². The molecule has 182 valence electrons. The number of halogens is 2. The molecule has 0 spiro atoms. The molecule has 1 aliphatic rings. The maximum atomic E-state index is 13.3. The monoisotopic (exact) mass is 522 g/mol. The molecule has 4 aromatic rings. The molecule has 0 radical (unpaired) electrons. The molecule has 36 heavy (non-hydrogen) atoms. The van der Waals surface area contributed by atoms with Gasteiger partial charge in [-0.25, -0.2) is 9.97 Å². The Bertz CT molecular complexity index is 1490. The zero-order chi connectivity index (χ0) is 25.4. The second kappa shape index (κ2) is 9.67. The highest BCUT2D eigenvalue weighted by atomic mass is 35.5. The van der Waals surface area contributed by atoms with Crippen LogP contribution in [0.1, 0.15) is 27.6 Å². The number of piperazine rings is 1. The SMILES string of the molecule is C[C@@H]1CN(C(=O)c2ccccc2)CCN1C(=O)C(=O)c1c[nH]c2c(-c3cnc(Cl)c(Cl)n3)nccc12. The Morgan fingerprint density at radius 1 is 1.03 bits per heavy atom. The smallest absolute Gasteiger partial charge is 0.295 e. The van der Waals surface area contributed by atoms with Crippen LogP contribution < -0.4 is 0 Å². The Morgan fingerprint density at radius 3 is 2.53 bits per heavy atom. The van der Waals surface area contributed by atoms with Crippen molar-refractivity contribution in [2.45, 2.75) is 13.0 Å². The summed E-state index contributed by atoms with van der Waals surface area (Å²) in [4.78, 5) is 58.1. The van der Waals surface area contributed by atoms with Gasteiger partial charge in [-0.2, -0.15) is 0 Å². The van der Waals surface area contributed by atoms with Gasteiger partial charge in [0.25, 0.3) is 17.6 Å². The van der Waals surface area contributed by atoms with Crippen molar-refractivity contribution in [2.24, 2.45) is 0 Å². The van der Waals surface area contributed by atoms with E-state index in [4.69, 9.17) is 23.2 Å². The first-order chi connectivity index (χ1) is 17.3. The molecular weight excluding hydrogens is 503 g/mol. The summed E-state index contributed by atoms with van der Waals surface area (Å²) in [5.74, 6) is -1.36. The summed E-state index contributed by atoms with van der Waals surface area (Å²) >= 11 is 11.9. The van der Waals surface area contributed by atoms with Crippen LogP contribution >= 0.6 is 23.2 Å². The fourth-order valence-corrected chi connectivity index (χ4v) is 4.59. The van der Waals surface area contributed by atoms with Crippen LogP contribution in [0, 0.1) is 0 Å². The summed E-state index contributed by atoms with van der Waals surface area (Å²) < 4.78 is 0. The summed E-state index contributed by atoms with van der Waals surface area (Å²) in [6.07, 6.45) is 4.44. The normalized spacial score (nSPS) is 15.8. The van der Waals surface area contributed by atoms with Crippen molar-refractivity contribution in [1.29, 1.82) is 0 Å². The predicted molar refractivity (Wildman–Crippen MR) is 135 cm³/mol. The molecule has 11 heteroatoms. The Hall–Kier alpha value is -3.82. The number of fused-ring (bicyclic) bond motifs is 1. The molecule has 0 saturated carbocycles. The van der Waals surface area contributed by atoms with E-state index in [1.54, 1.807) is 23.1 Å². The average Bonchev–Trinajstić information content (AvgIpc) is 3.34. The van der Waals surface area contributed by atoms with Gasteiger partial charge in [0, 0.05) is 49.0 Å². The third-order valence-electron chi connectivity index (χ3n) is 6.17. The Kier molecular flexibility index (Phi) is 6.42. The summed E-state index contributed by atoms with van der Waals surface area (Å²) in [6, 6.07) is 10.3. The number of carbonyl (C=O) groups is 3. The molecule has 5 rings (SSSR count). The molecule has 1 N–H and O–H groups in total. The molecule has 0 bridgehead atoms. The van der Waals surface area contributed by atoms with E-state index in [1.165, 1.54) is 23.5 Å². The second-order valence-electron chi connectivity index (χ2n) is 8.42. The summed E-state index contributed by atoms with van der Waals surface area (Å²) in [5, 5.41) is 0.627. The van der Waals surface area contributed by atoms with Gasteiger partial charge in [0.1, 0.15) is 11.4 Å². The van der Waals surface area contributed by atoms with E-state index in [0.29, 0.717) is 40.9 Å². The number of carbonyl (C=O) groups excluding carboxylic acids is 3. The molecule has 1 saturated heterocycles. The molecular formula is C25H20Cl2N6O3. The van der Waals surface area contributed by atoms with E-state index in [-0.39, 0.29) is 34.4 Å². The van der Waals surface area contributed by atoms with Gasteiger partial charge in [-0.1, -0.05) is 41.4 Å². The first-order valence-electron chi connectivity index (χ1n) is 11.2.